The smallest absolute Gasteiger partial charge is 0.122 e. The highest BCUT2D eigenvalue weighted by atomic mass is 15.2. The van der Waals surface area contributed by atoms with Crippen molar-refractivity contribution in [3.05, 3.63) is 36.4 Å². The van der Waals surface area contributed by atoms with Crippen LogP contribution in [-0.2, 0) is 27.2 Å². The molecule has 3 rings (SSSR count). The van der Waals surface area contributed by atoms with Crippen molar-refractivity contribution in [3.63, 3.8) is 0 Å². The Morgan fingerprint density at radius 2 is 1.30 bits per heavy atom. The zero-order valence-electron chi connectivity index (χ0n) is 14.1. The van der Waals surface area contributed by atoms with Crippen LogP contribution in [0.1, 0.15) is 11.6 Å². The van der Waals surface area contributed by atoms with Gasteiger partial charge in [-0.2, -0.15) is 0 Å². The largest absolute Gasteiger partial charge is 0.337 e. The third-order valence-corrected chi connectivity index (χ3v) is 4.51. The summed E-state index contributed by atoms with van der Waals surface area (Å²) in [6, 6.07) is 0. The number of rotatable bonds is 4. The van der Waals surface area contributed by atoms with E-state index in [1.807, 2.05) is 24.8 Å². The van der Waals surface area contributed by atoms with E-state index in [1.165, 1.54) is 0 Å². The van der Waals surface area contributed by atoms with Gasteiger partial charge in [0, 0.05) is 78.2 Å². The summed E-state index contributed by atoms with van der Waals surface area (Å²) in [6.45, 7) is 8.09. The van der Waals surface area contributed by atoms with Gasteiger partial charge in [0.15, 0.2) is 0 Å². The molecule has 0 spiro atoms. The molecular formula is C16H27N7. The van der Waals surface area contributed by atoms with Crippen LogP contribution in [-0.4, -0.2) is 68.2 Å². The molecule has 23 heavy (non-hydrogen) atoms. The SMILES string of the molecule is Cn1ccnc1CN1CCNCCN(Cc2nccn2C)CC1. The van der Waals surface area contributed by atoms with Gasteiger partial charge in [0.25, 0.3) is 0 Å². The molecule has 0 atom stereocenters. The van der Waals surface area contributed by atoms with E-state index in [0.717, 1.165) is 64.0 Å². The van der Waals surface area contributed by atoms with E-state index in [1.54, 1.807) is 0 Å². The summed E-state index contributed by atoms with van der Waals surface area (Å²) in [4.78, 5) is 13.9. The highest BCUT2D eigenvalue weighted by molar-refractivity contribution is 4.93. The number of nitrogens with one attached hydrogen (secondary N) is 1. The molecule has 7 heteroatoms. The van der Waals surface area contributed by atoms with Crippen molar-refractivity contribution >= 4 is 0 Å². The summed E-state index contributed by atoms with van der Waals surface area (Å²) in [5.41, 5.74) is 0. The summed E-state index contributed by atoms with van der Waals surface area (Å²) in [7, 11) is 4.12. The van der Waals surface area contributed by atoms with Gasteiger partial charge >= 0.3 is 0 Å². The fourth-order valence-electron chi connectivity index (χ4n) is 2.92. The molecule has 7 nitrogen and oxygen atoms in total. The van der Waals surface area contributed by atoms with Crippen LogP contribution >= 0.6 is 0 Å². The molecule has 0 unspecified atom stereocenters. The van der Waals surface area contributed by atoms with Crippen molar-refractivity contribution in [2.45, 2.75) is 13.1 Å². The van der Waals surface area contributed by atoms with Crippen LogP contribution < -0.4 is 5.32 Å². The zero-order chi connectivity index (χ0) is 16.1. The van der Waals surface area contributed by atoms with Gasteiger partial charge in [-0.25, -0.2) is 9.97 Å². The molecule has 2 aromatic heterocycles. The second-order valence-electron chi connectivity index (χ2n) is 6.21. The molecule has 0 radical (unpaired) electrons. The Bertz CT molecular complexity index is 551. The van der Waals surface area contributed by atoms with Crippen molar-refractivity contribution in [2.75, 3.05) is 39.3 Å². The van der Waals surface area contributed by atoms with Crippen LogP contribution in [0.25, 0.3) is 0 Å². The van der Waals surface area contributed by atoms with Gasteiger partial charge in [0.05, 0.1) is 13.1 Å². The van der Waals surface area contributed by atoms with Crippen LogP contribution in [0, 0.1) is 0 Å². The lowest BCUT2D eigenvalue weighted by Gasteiger charge is -2.25. The van der Waals surface area contributed by atoms with Gasteiger partial charge in [-0.1, -0.05) is 0 Å². The van der Waals surface area contributed by atoms with Crippen molar-refractivity contribution < 1.29 is 0 Å². The molecule has 126 valence electrons. The van der Waals surface area contributed by atoms with E-state index in [0.29, 0.717) is 0 Å². The first-order valence-electron chi connectivity index (χ1n) is 8.30. The molecule has 0 saturated carbocycles. The van der Waals surface area contributed by atoms with Gasteiger partial charge < -0.3 is 14.5 Å². The maximum absolute atomic E-state index is 4.45. The minimum Gasteiger partial charge on any atom is -0.337 e. The standard InChI is InChI=1S/C16H27N7/c1-20-7-5-18-15(20)13-22-9-3-17-4-10-23(12-11-22)14-16-19-6-8-21(16)2/h5-8,17H,3-4,9-14H2,1-2H3. The lowest BCUT2D eigenvalue weighted by atomic mass is 10.4. The average molecular weight is 317 g/mol. The first-order valence-corrected chi connectivity index (χ1v) is 8.30. The fourth-order valence-corrected chi connectivity index (χ4v) is 2.92. The number of hydrogen-bond donors (Lipinski definition) is 1. The topological polar surface area (TPSA) is 54.2 Å². The molecule has 2 aromatic rings. The third kappa shape index (κ3) is 4.40. The van der Waals surface area contributed by atoms with E-state index in [4.69, 9.17) is 0 Å². The predicted molar refractivity (Wildman–Crippen MR) is 89.8 cm³/mol. The predicted octanol–water partition coefficient (Wildman–Crippen LogP) is 0.0610. The van der Waals surface area contributed by atoms with Crippen molar-refractivity contribution in [1.82, 2.24) is 34.2 Å². The molecule has 0 bridgehead atoms. The van der Waals surface area contributed by atoms with Crippen LogP contribution in [0.15, 0.2) is 24.8 Å². The van der Waals surface area contributed by atoms with Crippen molar-refractivity contribution in [2.24, 2.45) is 14.1 Å². The Balaban J connectivity index is 1.59. The van der Waals surface area contributed by atoms with Gasteiger partial charge in [-0.05, 0) is 0 Å². The quantitative estimate of drug-likeness (QED) is 0.864. The van der Waals surface area contributed by atoms with Crippen molar-refractivity contribution in [1.29, 1.82) is 0 Å². The number of hydrogen-bond acceptors (Lipinski definition) is 5. The monoisotopic (exact) mass is 317 g/mol. The molecule has 1 aliphatic rings. The molecule has 1 saturated heterocycles. The summed E-state index contributed by atoms with van der Waals surface area (Å²) >= 11 is 0. The molecule has 0 aliphatic carbocycles. The first kappa shape index (κ1) is 16.2. The lowest BCUT2D eigenvalue weighted by Crippen LogP contribution is -2.36. The molecule has 1 aliphatic heterocycles. The molecule has 3 heterocycles. The maximum atomic E-state index is 4.45. The molecule has 0 aromatic carbocycles. The Hall–Kier alpha value is -1.70. The fraction of sp³-hybridized carbons (Fsp3) is 0.625. The number of aromatic nitrogens is 4. The number of nitrogens with zero attached hydrogens (tertiary/aromatic N) is 6. The number of imidazole rings is 2. The third-order valence-electron chi connectivity index (χ3n) is 4.51. The first-order chi connectivity index (χ1) is 11.2. The Labute approximate surface area is 137 Å². The Morgan fingerprint density at radius 1 is 0.826 bits per heavy atom. The molecule has 0 amide bonds. The second-order valence-corrected chi connectivity index (χ2v) is 6.21. The minimum absolute atomic E-state index is 0.904. The van der Waals surface area contributed by atoms with Crippen LogP contribution in [0.3, 0.4) is 0 Å². The van der Waals surface area contributed by atoms with E-state index >= 15 is 0 Å². The summed E-state index contributed by atoms with van der Waals surface area (Å²) < 4.78 is 4.21. The van der Waals surface area contributed by atoms with Crippen LogP contribution in [0.4, 0.5) is 0 Å². The number of aryl methyl sites for hydroxylation is 2. The zero-order valence-corrected chi connectivity index (χ0v) is 14.1. The van der Waals surface area contributed by atoms with E-state index < -0.39 is 0 Å². The Kier molecular flexibility index (Phi) is 5.43. The molecular weight excluding hydrogens is 290 g/mol. The lowest BCUT2D eigenvalue weighted by molar-refractivity contribution is 0.202. The van der Waals surface area contributed by atoms with Crippen LogP contribution in [0.2, 0.25) is 0 Å². The summed E-state index contributed by atoms with van der Waals surface area (Å²) in [6.07, 6.45) is 7.77. The van der Waals surface area contributed by atoms with E-state index in [2.05, 4.69) is 48.3 Å². The average Bonchev–Trinajstić information content (AvgIpc) is 3.14. The molecule has 1 fully saturated rings. The minimum atomic E-state index is 0.904. The van der Waals surface area contributed by atoms with Crippen LogP contribution in [0.5, 0.6) is 0 Å². The second kappa shape index (κ2) is 7.72. The van der Waals surface area contributed by atoms with Gasteiger partial charge in [-0.15, -0.1) is 0 Å². The highest BCUT2D eigenvalue weighted by Gasteiger charge is 2.15. The van der Waals surface area contributed by atoms with E-state index in [-0.39, 0.29) is 0 Å². The summed E-state index contributed by atoms with van der Waals surface area (Å²) in [5, 5.41) is 3.54. The molecule has 1 N–H and O–H groups in total. The highest BCUT2D eigenvalue weighted by Crippen LogP contribution is 2.05. The normalized spacial score (nSPS) is 18.5. The Morgan fingerprint density at radius 3 is 1.70 bits per heavy atom. The summed E-state index contributed by atoms with van der Waals surface area (Å²) in [5.74, 6) is 2.25. The van der Waals surface area contributed by atoms with Crippen molar-refractivity contribution in [3.8, 4) is 0 Å². The van der Waals surface area contributed by atoms with Gasteiger partial charge in [-0.3, -0.25) is 9.80 Å². The maximum Gasteiger partial charge on any atom is 0.122 e. The van der Waals surface area contributed by atoms with Gasteiger partial charge in [0.2, 0.25) is 0 Å². The van der Waals surface area contributed by atoms with Gasteiger partial charge in [0.1, 0.15) is 11.6 Å². The van der Waals surface area contributed by atoms with E-state index in [9.17, 15) is 0 Å².